The largest absolute Gasteiger partial charge is 0.345 e. The molecule has 0 aliphatic rings. The third-order valence-electron chi connectivity index (χ3n) is 4.84. The molecule has 2 aromatic carbocycles. The van der Waals surface area contributed by atoms with Crippen molar-refractivity contribution in [2.24, 2.45) is 5.73 Å². The monoisotopic (exact) mass is 425 g/mol. The van der Waals surface area contributed by atoms with Crippen LogP contribution in [0.25, 0.3) is 0 Å². The number of rotatable bonds is 9. The molecule has 2 rings (SSSR count). The van der Waals surface area contributed by atoms with Crippen LogP contribution in [0.15, 0.2) is 59.5 Å². The summed E-state index contributed by atoms with van der Waals surface area (Å²) in [5.74, 6) is -0.329. The van der Waals surface area contributed by atoms with Gasteiger partial charge in [-0.3, -0.25) is 4.79 Å². The van der Waals surface area contributed by atoms with Gasteiger partial charge in [-0.1, -0.05) is 50.2 Å². The number of nitrogens with one attached hydrogen (secondary N) is 2. The second kappa shape index (κ2) is 10.6. The Hall–Kier alpha value is -1.93. The predicted molar refractivity (Wildman–Crippen MR) is 114 cm³/mol. The van der Waals surface area contributed by atoms with Gasteiger partial charge in [0.2, 0.25) is 10.0 Å². The molecule has 0 spiro atoms. The second-order valence-electron chi connectivity index (χ2n) is 6.48. The number of hydrogen-bond acceptors (Lipinski definition) is 4. The van der Waals surface area contributed by atoms with Gasteiger partial charge in [-0.25, -0.2) is 13.1 Å². The fourth-order valence-corrected chi connectivity index (χ4v) is 3.80. The molecule has 0 aliphatic carbocycles. The Morgan fingerprint density at radius 1 is 1.04 bits per heavy atom. The highest BCUT2D eigenvalue weighted by Gasteiger charge is 2.27. The number of amides is 1. The standard InChI is InChI=1S/C20H27N3O3S.ClH/c1-3-20(4-2,15-21)23-19(24)17-11-8-12-18(13-17)27(25,26)22-14-16-9-6-5-7-10-16;/h5-13,22H,3-4,14-15,21H2,1-2H3,(H,23,24);1H. The molecule has 6 nitrogen and oxygen atoms in total. The summed E-state index contributed by atoms with van der Waals surface area (Å²) < 4.78 is 27.7. The maximum atomic E-state index is 12.6. The van der Waals surface area contributed by atoms with Crippen LogP contribution < -0.4 is 15.8 Å². The minimum absolute atomic E-state index is 0. The average molecular weight is 426 g/mol. The van der Waals surface area contributed by atoms with Gasteiger partial charge >= 0.3 is 0 Å². The molecule has 0 bridgehead atoms. The van der Waals surface area contributed by atoms with E-state index in [2.05, 4.69) is 10.0 Å². The number of halogens is 1. The summed E-state index contributed by atoms with van der Waals surface area (Å²) in [5.41, 5.74) is 6.48. The highest BCUT2D eigenvalue weighted by Crippen LogP contribution is 2.17. The fraction of sp³-hybridized carbons (Fsp3) is 0.350. The molecule has 2 aromatic rings. The maximum absolute atomic E-state index is 12.6. The van der Waals surface area contributed by atoms with E-state index in [1.807, 2.05) is 44.2 Å². The number of carbonyl (C=O) groups excluding carboxylic acids is 1. The number of carbonyl (C=O) groups is 1. The van der Waals surface area contributed by atoms with Crippen LogP contribution in [0.5, 0.6) is 0 Å². The van der Waals surface area contributed by atoms with Crippen LogP contribution >= 0.6 is 12.4 Å². The first-order valence-electron chi connectivity index (χ1n) is 9.02. The molecule has 0 unspecified atom stereocenters. The zero-order valence-corrected chi connectivity index (χ0v) is 17.8. The zero-order chi connectivity index (χ0) is 19.9. The second-order valence-corrected chi connectivity index (χ2v) is 8.25. The van der Waals surface area contributed by atoms with Crippen LogP contribution in [0.4, 0.5) is 0 Å². The van der Waals surface area contributed by atoms with Crippen LogP contribution in [0, 0.1) is 0 Å². The summed E-state index contributed by atoms with van der Waals surface area (Å²) in [7, 11) is -3.73. The van der Waals surface area contributed by atoms with E-state index in [4.69, 9.17) is 5.73 Å². The third kappa shape index (κ3) is 6.04. The molecule has 8 heteroatoms. The smallest absolute Gasteiger partial charge is 0.251 e. The minimum Gasteiger partial charge on any atom is -0.345 e. The van der Waals surface area contributed by atoms with Gasteiger partial charge in [-0.05, 0) is 36.6 Å². The first-order chi connectivity index (χ1) is 12.9. The van der Waals surface area contributed by atoms with E-state index in [-0.39, 0.29) is 35.3 Å². The molecule has 0 aliphatic heterocycles. The van der Waals surface area contributed by atoms with Gasteiger partial charge in [0.1, 0.15) is 0 Å². The zero-order valence-electron chi connectivity index (χ0n) is 16.1. The van der Waals surface area contributed by atoms with Gasteiger partial charge in [-0.2, -0.15) is 0 Å². The molecular weight excluding hydrogens is 398 g/mol. The fourth-order valence-electron chi connectivity index (χ4n) is 2.74. The lowest BCUT2D eigenvalue weighted by molar-refractivity contribution is 0.0895. The molecule has 0 atom stereocenters. The number of benzene rings is 2. The molecule has 0 saturated heterocycles. The molecule has 28 heavy (non-hydrogen) atoms. The number of nitrogens with two attached hydrogens (primary N) is 1. The van der Waals surface area contributed by atoms with E-state index >= 15 is 0 Å². The van der Waals surface area contributed by atoms with Gasteiger partial charge in [0.05, 0.1) is 10.4 Å². The Balaban J connectivity index is 0.00000392. The first kappa shape index (κ1) is 24.1. The van der Waals surface area contributed by atoms with Crippen molar-refractivity contribution in [3.63, 3.8) is 0 Å². The number of hydrogen-bond donors (Lipinski definition) is 3. The molecule has 0 aromatic heterocycles. The summed E-state index contributed by atoms with van der Waals surface area (Å²) in [6, 6.07) is 15.3. The van der Waals surface area contributed by atoms with E-state index in [1.165, 1.54) is 12.1 Å². The van der Waals surface area contributed by atoms with Gasteiger partial charge in [0, 0.05) is 18.7 Å². The van der Waals surface area contributed by atoms with E-state index in [1.54, 1.807) is 12.1 Å². The normalized spacial score (nSPS) is 11.5. The summed E-state index contributed by atoms with van der Waals surface area (Å²) in [4.78, 5) is 12.7. The SMILES string of the molecule is CCC(CC)(CN)NC(=O)c1cccc(S(=O)(=O)NCc2ccccc2)c1.Cl. The topological polar surface area (TPSA) is 101 Å². The van der Waals surface area contributed by atoms with Crippen molar-refractivity contribution in [2.45, 2.75) is 43.7 Å². The molecule has 0 radical (unpaired) electrons. The van der Waals surface area contributed by atoms with Crippen LogP contribution in [-0.4, -0.2) is 26.4 Å². The van der Waals surface area contributed by atoms with E-state index in [9.17, 15) is 13.2 Å². The van der Waals surface area contributed by atoms with Crippen molar-refractivity contribution in [1.82, 2.24) is 10.0 Å². The predicted octanol–water partition coefficient (Wildman–Crippen LogP) is 2.83. The van der Waals surface area contributed by atoms with Crippen molar-refractivity contribution in [2.75, 3.05) is 6.54 Å². The summed E-state index contributed by atoms with van der Waals surface area (Å²) >= 11 is 0. The lowest BCUT2D eigenvalue weighted by Crippen LogP contribution is -2.52. The van der Waals surface area contributed by atoms with Crippen LogP contribution in [-0.2, 0) is 16.6 Å². The third-order valence-corrected chi connectivity index (χ3v) is 6.24. The lowest BCUT2D eigenvalue weighted by Gasteiger charge is -2.31. The van der Waals surface area contributed by atoms with Crippen molar-refractivity contribution < 1.29 is 13.2 Å². The van der Waals surface area contributed by atoms with E-state index < -0.39 is 15.6 Å². The maximum Gasteiger partial charge on any atom is 0.251 e. The summed E-state index contributed by atoms with van der Waals surface area (Å²) in [6.45, 7) is 4.43. The lowest BCUT2D eigenvalue weighted by atomic mass is 9.92. The van der Waals surface area contributed by atoms with Crippen LogP contribution in [0.3, 0.4) is 0 Å². The Labute approximate surface area is 173 Å². The molecule has 0 fully saturated rings. The van der Waals surface area contributed by atoms with Gasteiger partial charge in [0.25, 0.3) is 5.91 Å². The Morgan fingerprint density at radius 3 is 2.25 bits per heavy atom. The molecule has 0 heterocycles. The van der Waals surface area contributed by atoms with Crippen molar-refractivity contribution in [3.8, 4) is 0 Å². The van der Waals surface area contributed by atoms with Gasteiger partial charge in [0.15, 0.2) is 0 Å². The highest BCUT2D eigenvalue weighted by molar-refractivity contribution is 7.89. The van der Waals surface area contributed by atoms with E-state index in [0.717, 1.165) is 5.56 Å². The van der Waals surface area contributed by atoms with E-state index in [0.29, 0.717) is 19.4 Å². The van der Waals surface area contributed by atoms with Gasteiger partial charge < -0.3 is 11.1 Å². The molecule has 1 amide bonds. The number of sulfonamides is 1. The van der Waals surface area contributed by atoms with Crippen molar-refractivity contribution >= 4 is 28.3 Å². The summed E-state index contributed by atoms with van der Waals surface area (Å²) in [6.07, 6.45) is 1.39. The Morgan fingerprint density at radius 2 is 1.68 bits per heavy atom. The molecule has 4 N–H and O–H groups in total. The Bertz CT molecular complexity index is 861. The molecule has 154 valence electrons. The van der Waals surface area contributed by atoms with Gasteiger partial charge in [-0.15, -0.1) is 12.4 Å². The molecular formula is C20H28ClN3O3S. The molecule has 0 saturated carbocycles. The van der Waals surface area contributed by atoms with Crippen molar-refractivity contribution in [1.29, 1.82) is 0 Å². The van der Waals surface area contributed by atoms with Crippen LogP contribution in [0.1, 0.15) is 42.6 Å². The summed E-state index contributed by atoms with van der Waals surface area (Å²) in [5, 5.41) is 2.95. The van der Waals surface area contributed by atoms with Crippen LogP contribution in [0.2, 0.25) is 0 Å². The first-order valence-corrected chi connectivity index (χ1v) is 10.5. The minimum atomic E-state index is -3.73. The quantitative estimate of drug-likeness (QED) is 0.574. The Kier molecular flexibility index (Phi) is 9.10. The average Bonchev–Trinajstić information content (AvgIpc) is 2.71. The highest BCUT2D eigenvalue weighted by atomic mass is 35.5. The van der Waals surface area contributed by atoms with Crippen molar-refractivity contribution in [3.05, 3.63) is 65.7 Å².